The highest BCUT2D eigenvalue weighted by atomic mass is 16.5. The zero-order valence-corrected chi connectivity index (χ0v) is 11.7. The molecule has 0 saturated carbocycles. The van der Waals surface area contributed by atoms with E-state index in [-0.39, 0.29) is 0 Å². The summed E-state index contributed by atoms with van der Waals surface area (Å²) in [6, 6.07) is 4.20. The Labute approximate surface area is 118 Å². The molecule has 3 heterocycles. The van der Waals surface area contributed by atoms with Gasteiger partial charge < -0.3 is 14.3 Å². The number of likely N-dealkylation sites (N-methyl/N-ethyl adjacent to an activating group) is 1. The van der Waals surface area contributed by atoms with Crippen LogP contribution in [0.25, 0.3) is 11.6 Å². The summed E-state index contributed by atoms with van der Waals surface area (Å²) >= 11 is 0. The Balaban J connectivity index is 1.66. The Hall–Kier alpha value is -1.66. The molecular formula is C14H20N4O2. The second-order valence-electron chi connectivity index (χ2n) is 5.05. The number of nitrogens with one attached hydrogen (secondary N) is 1. The topological polar surface area (TPSA) is 67.3 Å². The summed E-state index contributed by atoms with van der Waals surface area (Å²) in [6.07, 6.45) is 4.06. The normalized spacial score (nSPS) is 19.6. The molecule has 2 aromatic heterocycles. The van der Waals surface area contributed by atoms with Crippen molar-refractivity contribution in [1.82, 2.24) is 20.4 Å². The van der Waals surface area contributed by atoms with Crippen LogP contribution >= 0.6 is 0 Å². The Kier molecular flexibility index (Phi) is 4.13. The number of furan rings is 1. The quantitative estimate of drug-likeness (QED) is 0.899. The molecule has 1 atom stereocenters. The summed E-state index contributed by atoms with van der Waals surface area (Å²) in [5.41, 5.74) is 0. The van der Waals surface area contributed by atoms with Crippen LogP contribution < -0.4 is 5.32 Å². The number of aromatic nitrogens is 2. The zero-order chi connectivity index (χ0) is 13.8. The van der Waals surface area contributed by atoms with E-state index in [0.29, 0.717) is 30.1 Å². The van der Waals surface area contributed by atoms with E-state index in [2.05, 4.69) is 27.3 Å². The van der Waals surface area contributed by atoms with Crippen LogP contribution in [0.2, 0.25) is 0 Å². The van der Waals surface area contributed by atoms with Gasteiger partial charge in [0.2, 0.25) is 11.7 Å². The SMILES string of the molecule is CCN(Cc1nc(-c2ccco2)no1)C1CCCNC1. The minimum Gasteiger partial charge on any atom is -0.461 e. The van der Waals surface area contributed by atoms with Gasteiger partial charge in [-0.05, 0) is 38.1 Å². The lowest BCUT2D eigenvalue weighted by atomic mass is 10.1. The first-order valence-corrected chi connectivity index (χ1v) is 7.18. The molecule has 1 unspecified atom stereocenters. The van der Waals surface area contributed by atoms with Gasteiger partial charge in [-0.1, -0.05) is 12.1 Å². The number of hydrogen-bond donors (Lipinski definition) is 1. The highest BCUT2D eigenvalue weighted by molar-refractivity contribution is 5.44. The van der Waals surface area contributed by atoms with E-state index < -0.39 is 0 Å². The fourth-order valence-electron chi connectivity index (χ4n) is 2.64. The summed E-state index contributed by atoms with van der Waals surface area (Å²) in [6.45, 7) is 5.99. The average molecular weight is 276 g/mol. The van der Waals surface area contributed by atoms with Crippen molar-refractivity contribution >= 4 is 0 Å². The molecule has 0 aromatic carbocycles. The summed E-state index contributed by atoms with van der Waals surface area (Å²) < 4.78 is 10.6. The van der Waals surface area contributed by atoms with Crippen molar-refractivity contribution in [2.24, 2.45) is 0 Å². The van der Waals surface area contributed by atoms with Crippen molar-refractivity contribution < 1.29 is 8.94 Å². The van der Waals surface area contributed by atoms with Crippen molar-refractivity contribution in [3.8, 4) is 11.6 Å². The first kappa shape index (κ1) is 13.3. The fraction of sp³-hybridized carbons (Fsp3) is 0.571. The van der Waals surface area contributed by atoms with Crippen LogP contribution in [0.5, 0.6) is 0 Å². The Morgan fingerprint density at radius 1 is 1.50 bits per heavy atom. The smallest absolute Gasteiger partial charge is 0.241 e. The molecule has 1 aliphatic rings. The van der Waals surface area contributed by atoms with E-state index >= 15 is 0 Å². The molecule has 0 bridgehead atoms. The van der Waals surface area contributed by atoms with Crippen LogP contribution in [0.4, 0.5) is 0 Å². The van der Waals surface area contributed by atoms with Gasteiger partial charge in [0.25, 0.3) is 0 Å². The monoisotopic (exact) mass is 276 g/mol. The maximum atomic E-state index is 5.33. The molecule has 1 saturated heterocycles. The number of rotatable bonds is 5. The van der Waals surface area contributed by atoms with Gasteiger partial charge in [0, 0.05) is 12.6 Å². The van der Waals surface area contributed by atoms with Gasteiger partial charge in [-0.15, -0.1) is 0 Å². The lowest BCUT2D eigenvalue weighted by Crippen LogP contribution is -2.45. The van der Waals surface area contributed by atoms with Gasteiger partial charge in [0.1, 0.15) is 0 Å². The summed E-state index contributed by atoms with van der Waals surface area (Å²) in [4.78, 5) is 6.78. The van der Waals surface area contributed by atoms with Crippen molar-refractivity contribution in [3.05, 3.63) is 24.3 Å². The van der Waals surface area contributed by atoms with E-state index in [0.717, 1.165) is 19.6 Å². The van der Waals surface area contributed by atoms with Gasteiger partial charge in [-0.2, -0.15) is 4.98 Å². The minimum atomic E-state index is 0.517. The van der Waals surface area contributed by atoms with E-state index in [9.17, 15) is 0 Å². The summed E-state index contributed by atoms with van der Waals surface area (Å²) in [7, 11) is 0. The van der Waals surface area contributed by atoms with Crippen molar-refractivity contribution in [1.29, 1.82) is 0 Å². The van der Waals surface area contributed by atoms with E-state index in [1.165, 1.54) is 12.8 Å². The predicted molar refractivity (Wildman–Crippen MR) is 74.0 cm³/mol. The van der Waals surface area contributed by atoms with Crippen LogP contribution in [0, 0.1) is 0 Å². The van der Waals surface area contributed by atoms with Crippen molar-refractivity contribution in [2.45, 2.75) is 32.4 Å². The van der Waals surface area contributed by atoms with Crippen molar-refractivity contribution in [3.63, 3.8) is 0 Å². The van der Waals surface area contributed by atoms with Crippen LogP contribution in [0.3, 0.4) is 0 Å². The predicted octanol–water partition coefficient (Wildman–Crippen LogP) is 1.90. The molecule has 2 aromatic rings. The molecule has 0 amide bonds. The van der Waals surface area contributed by atoms with E-state index in [1.54, 1.807) is 6.26 Å². The molecule has 0 aliphatic carbocycles. The van der Waals surface area contributed by atoms with Crippen molar-refractivity contribution in [2.75, 3.05) is 19.6 Å². The van der Waals surface area contributed by atoms with Gasteiger partial charge >= 0.3 is 0 Å². The number of hydrogen-bond acceptors (Lipinski definition) is 6. The molecule has 3 rings (SSSR count). The first-order valence-electron chi connectivity index (χ1n) is 7.18. The van der Waals surface area contributed by atoms with Crippen LogP contribution in [0.1, 0.15) is 25.7 Å². The molecular weight excluding hydrogens is 256 g/mol. The van der Waals surface area contributed by atoms with Crippen LogP contribution in [0.15, 0.2) is 27.3 Å². The van der Waals surface area contributed by atoms with Gasteiger partial charge in [-0.3, -0.25) is 4.90 Å². The second kappa shape index (κ2) is 6.19. The molecule has 108 valence electrons. The maximum absolute atomic E-state index is 5.33. The highest BCUT2D eigenvalue weighted by Crippen LogP contribution is 2.18. The Morgan fingerprint density at radius 3 is 3.15 bits per heavy atom. The highest BCUT2D eigenvalue weighted by Gasteiger charge is 2.22. The van der Waals surface area contributed by atoms with Gasteiger partial charge in [0.05, 0.1) is 12.8 Å². The van der Waals surface area contributed by atoms with Gasteiger partial charge in [0.15, 0.2) is 5.76 Å². The third-order valence-electron chi connectivity index (χ3n) is 3.74. The van der Waals surface area contributed by atoms with Crippen LogP contribution in [-0.4, -0.2) is 40.7 Å². The molecule has 1 aliphatic heterocycles. The average Bonchev–Trinajstić information content (AvgIpc) is 3.16. The number of piperidine rings is 1. The molecule has 1 fully saturated rings. The largest absolute Gasteiger partial charge is 0.461 e. The standard InChI is InChI=1S/C14H20N4O2/c1-2-18(11-5-3-7-15-9-11)10-13-16-14(17-20-13)12-6-4-8-19-12/h4,6,8,11,15H,2-3,5,7,9-10H2,1H3. The third kappa shape index (κ3) is 2.91. The number of nitrogens with zero attached hydrogens (tertiary/aromatic N) is 3. The Bertz CT molecular complexity index is 517. The third-order valence-corrected chi connectivity index (χ3v) is 3.74. The molecule has 6 nitrogen and oxygen atoms in total. The van der Waals surface area contributed by atoms with E-state index in [1.807, 2.05) is 12.1 Å². The van der Waals surface area contributed by atoms with Gasteiger partial charge in [-0.25, -0.2) is 0 Å². The zero-order valence-electron chi connectivity index (χ0n) is 11.7. The molecule has 6 heteroatoms. The minimum absolute atomic E-state index is 0.517. The second-order valence-corrected chi connectivity index (χ2v) is 5.05. The summed E-state index contributed by atoms with van der Waals surface area (Å²) in [5.74, 6) is 1.80. The fourth-order valence-corrected chi connectivity index (χ4v) is 2.64. The first-order chi connectivity index (χ1) is 9.86. The van der Waals surface area contributed by atoms with E-state index in [4.69, 9.17) is 8.94 Å². The molecule has 1 N–H and O–H groups in total. The molecule has 0 radical (unpaired) electrons. The lowest BCUT2D eigenvalue weighted by molar-refractivity contribution is 0.147. The lowest BCUT2D eigenvalue weighted by Gasteiger charge is -2.32. The molecule has 0 spiro atoms. The maximum Gasteiger partial charge on any atom is 0.241 e. The Morgan fingerprint density at radius 2 is 2.45 bits per heavy atom. The van der Waals surface area contributed by atoms with Crippen LogP contribution in [-0.2, 0) is 6.54 Å². The molecule has 20 heavy (non-hydrogen) atoms. The summed E-state index contributed by atoms with van der Waals surface area (Å²) in [5, 5.41) is 7.41.